The molecule has 1 amide bonds. The Kier molecular flexibility index (Phi) is 9.98. The van der Waals surface area contributed by atoms with Gasteiger partial charge in [-0.05, 0) is 80.4 Å². The van der Waals surface area contributed by atoms with Gasteiger partial charge >= 0.3 is 12.1 Å². The number of halogens is 5. The lowest BCUT2D eigenvalue weighted by Crippen LogP contribution is -2.66. The summed E-state index contributed by atoms with van der Waals surface area (Å²) in [5.41, 5.74) is -3.39. The summed E-state index contributed by atoms with van der Waals surface area (Å²) in [6.45, 7) is 4.33. The summed E-state index contributed by atoms with van der Waals surface area (Å²) in [6.07, 6.45) is 2.61. The number of hydrogen-bond acceptors (Lipinski definition) is 8. The maximum Gasteiger partial charge on any atom is 0.434 e. The average Bonchev–Trinajstić information content (AvgIpc) is 3.50. The molecule has 7 rings (SSSR count). The Morgan fingerprint density at radius 1 is 1.04 bits per heavy atom. The molecule has 0 aliphatic heterocycles. The normalized spacial score (nSPS) is 25.6. The number of benzene rings is 1. The molecule has 5 unspecified atom stereocenters. The molecule has 288 valence electrons. The van der Waals surface area contributed by atoms with E-state index in [2.05, 4.69) is 30.6 Å². The van der Waals surface area contributed by atoms with Crippen LogP contribution in [-0.4, -0.2) is 66.1 Å². The molecule has 3 aliphatic carbocycles. The zero-order chi connectivity index (χ0) is 38.4. The van der Waals surface area contributed by atoms with Gasteiger partial charge in [0.2, 0.25) is 11.9 Å². The van der Waals surface area contributed by atoms with Crippen LogP contribution in [0.2, 0.25) is 0 Å². The predicted molar refractivity (Wildman–Crippen MR) is 188 cm³/mol. The number of ether oxygens (including phenoxy) is 1. The number of nitrogens with one attached hydrogen (secondary N) is 2. The van der Waals surface area contributed by atoms with Crippen molar-refractivity contribution in [2.75, 3.05) is 18.5 Å². The lowest BCUT2D eigenvalue weighted by molar-refractivity contribution is -0.155. The smallest absolute Gasteiger partial charge is 0.434 e. The molecule has 0 radical (unpaired) electrons. The van der Waals surface area contributed by atoms with E-state index < -0.39 is 52.6 Å². The zero-order valence-corrected chi connectivity index (χ0v) is 29.9. The fourth-order valence-corrected chi connectivity index (χ4v) is 9.04. The molecule has 3 aliphatic rings. The first-order valence-corrected chi connectivity index (χ1v) is 18.3. The second-order valence-corrected chi connectivity index (χ2v) is 15.2. The number of amides is 1. The number of alkyl halides is 5. The fraction of sp³-hybridized carbons (Fsp3) is 0.526. The third kappa shape index (κ3) is 7.30. The van der Waals surface area contributed by atoms with Gasteiger partial charge in [0.05, 0.1) is 17.6 Å². The monoisotopic (exact) mass is 755 g/mol. The Morgan fingerprint density at radius 3 is 2.48 bits per heavy atom. The van der Waals surface area contributed by atoms with Crippen molar-refractivity contribution in [2.45, 2.75) is 88.9 Å². The second-order valence-electron chi connectivity index (χ2n) is 15.2. The molecule has 0 saturated heterocycles. The number of nitrogens with zero attached hydrogens (tertiary/aromatic N) is 5. The quantitative estimate of drug-likeness (QED) is 0.109. The van der Waals surface area contributed by atoms with E-state index in [9.17, 15) is 36.6 Å². The van der Waals surface area contributed by atoms with Crippen LogP contribution in [0.5, 0.6) is 5.75 Å². The van der Waals surface area contributed by atoms with E-state index in [0.29, 0.717) is 48.4 Å². The van der Waals surface area contributed by atoms with Crippen LogP contribution in [0.25, 0.3) is 22.3 Å². The molecule has 2 bridgehead atoms. The highest BCUT2D eigenvalue weighted by atomic mass is 19.4. The number of aliphatic carboxylic acids is 1. The summed E-state index contributed by atoms with van der Waals surface area (Å²) >= 11 is 0. The third-order valence-corrected chi connectivity index (χ3v) is 11.5. The number of anilines is 1. The van der Waals surface area contributed by atoms with E-state index in [1.807, 2.05) is 6.92 Å². The van der Waals surface area contributed by atoms with Crippen LogP contribution in [0, 0.1) is 23.7 Å². The Morgan fingerprint density at radius 2 is 1.78 bits per heavy atom. The second kappa shape index (κ2) is 14.4. The minimum Gasteiger partial charge on any atom is -0.492 e. The van der Waals surface area contributed by atoms with Gasteiger partial charge < -0.3 is 25.0 Å². The van der Waals surface area contributed by atoms with Crippen LogP contribution in [0.1, 0.15) is 87.3 Å². The highest BCUT2D eigenvalue weighted by Crippen LogP contribution is 2.50. The van der Waals surface area contributed by atoms with Gasteiger partial charge in [-0.1, -0.05) is 13.8 Å². The van der Waals surface area contributed by atoms with Crippen molar-refractivity contribution in [3.63, 3.8) is 0 Å². The molecular formula is C38H42F5N7O4. The van der Waals surface area contributed by atoms with Gasteiger partial charge in [-0.15, -0.1) is 0 Å². The fourth-order valence-electron chi connectivity index (χ4n) is 9.04. The SMILES string of the molecule is CC1CC2CC(C)C(NC(=O)c3cnc(-c4cn(C5CCC(F)(F)CC5)c5cc(OCCNc6ncccn6)ccc45)nc3C(F)(F)F)(C(=O)O)C(C1)C2. The topological polar surface area (TPSA) is 144 Å². The van der Waals surface area contributed by atoms with Crippen molar-refractivity contribution in [2.24, 2.45) is 23.7 Å². The van der Waals surface area contributed by atoms with Crippen LogP contribution >= 0.6 is 0 Å². The Balaban J connectivity index is 1.22. The number of carbonyl (C=O) groups is 2. The number of carboxylic acids is 1. The first kappa shape index (κ1) is 37.4. The number of carbonyl (C=O) groups excluding carboxylic acids is 1. The third-order valence-electron chi connectivity index (χ3n) is 11.5. The predicted octanol–water partition coefficient (Wildman–Crippen LogP) is 7.79. The molecule has 54 heavy (non-hydrogen) atoms. The molecule has 4 aromatic rings. The van der Waals surface area contributed by atoms with Crippen LogP contribution in [-0.2, 0) is 11.0 Å². The van der Waals surface area contributed by atoms with Crippen molar-refractivity contribution in [3.8, 4) is 17.1 Å². The van der Waals surface area contributed by atoms with Gasteiger partial charge in [-0.3, -0.25) is 4.79 Å². The van der Waals surface area contributed by atoms with Gasteiger partial charge in [0.15, 0.2) is 11.5 Å². The van der Waals surface area contributed by atoms with Crippen LogP contribution in [0.15, 0.2) is 49.1 Å². The number of rotatable bonds is 10. The molecule has 3 saturated carbocycles. The molecule has 11 nitrogen and oxygen atoms in total. The Bertz CT molecular complexity index is 2010. The lowest BCUT2D eigenvalue weighted by Gasteiger charge is -2.52. The first-order valence-electron chi connectivity index (χ1n) is 18.3. The maximum absolute atomic E-state index is 14.8. The van der Waals surface area contributed by atoms with Crippen LogP contribution in [0.4, 0.5) is 27.9 Å². The summed E-state index contributed by atoms with van der Waals surface area (Å²) in [6, 6.07) is 6.30. The summed E-state index contributed by atoms with van der Waals surface area (Å²) in [4.78, 5) is 43.0. The van der Waals surface area contributed by atoms with E-state index in [-0.39, 0.29) is 61.6 Å². The molecule has 1 aromatic carbocycles. The molecule has 3 N–H and O–H groups in total. The molecule has 3 heterocycles. The minimum atomic E-state index is -5.10. The van der Waals surface area contributed by atoms with E-state index in [1.165, 1.54) is 0 Å². The average molecular weight is 756 g/mol. The highest BCUT2D eigenvalue weighted by molar-refractivity contribution is 6.00. The van der Waals surface area contributed by atoms with E-state index in [0.717, 1.165) is 12.6 Å². The number of fused-ring (bicyclic) bond motifs is 3. The van der Waals surface area contributed by atoms with Gasteiger partial charge in [0, 0.05) is 60.7 Å². The largest absolute Gasteiger partial charge is 0.492 e. The van der Waals surface area contributed by atoms with E-state index in [1.54, 1.807) is 54.3 Å². The van der Waals surface area contributed by atoms with Gasteiger partial charge in [0.1, 0.15) is 17.9 Å². The zero-order valence-electron chi connectivity index (χ0n) is 29.9. The highest BCUT2D eigenvalue weighted by Gasteiger charge is 2.57. The number of aromatic nitrogens is 5. The summed E-state index contributed by atoms with van der Waals surface area (Å²) in [5, 5.41) is 16.6. The molecule has 16 heteroatoms. The van der Waals surface area contributed by atoms with Crippen molar-refractivity contribution in [3.05, 3.63) is 60.3 Å². The van der Waals surface area contributed by atoms with Crippen molar-refractivity contribution in [1.82, 2.24) is 29.8 Å². The van der Waals surface area contributed by atoms with E-state index in [4.69, 9.17) is 4.74 Å². The lowest BCUT2D eigenvalue weighted by atomic mass is 9.56. The molecule has 3 aromatic heterocycles. The van der Waals surface area contributed by atoms with Crippen LogP contribution < -0.4 is 15.4 Å². The van der Waals surface area contributed by atoms with E-state index >= 15 is 0 Å². The summed E-state index contributed by atoms with van der Waals surface area (Å²) < 4.78 is 80.4. The first-order chi connectivity index (χ1) is 25.6. The van der Waals surface area contributed by atoms with Crippen LogP contribution in [0.3, 0.4) is 0 Å². The van der Waals surface area contributed by atoms with Crippen molar-refractivity contribution >= 4 is 28.7 Å². The summed E-state index contributed by atoms with van der Waals surface area (Å²) in [5.74, 6) is -5.21. The molecular weight excluding hydrogens is 713 g/mol. The maximum atomic E-state index is 14.8. The van der Waals surface area contributed by atoms with Crippen molar-refractivity contribution < 1.29 is 41.4 Å². The molecule has 5 atom stereocenters. The Hall–Kier alpha value is -4.89. The standard InChI is InChI=1S/C38H42F5N7O4/c1-21-14-23-16-22(2)37(34(52)53,24(15-21)17-23)49-33(51)28-19-47-32(48-31(28)38(41,42)43)29-20-50(25-6-8-36(39,40)9-7-25)30-18-26(4-5-27(29)30)54-13-12-46-35-44-10-3-11-45-35/h3-5,10-11,18-25H,6-9,12-17H2,1-2H3,(H,49,51)(H,52,53)(H,44,45,46). The minimum absolute atomic E-state index is 0.139. The number of carboxylic acid groups (broad SMARTS) is 1. The number of hydrogen-bond donors (Lipinski definition) is 3. The van der Waals surface area contributed by atoms with Gasteiger partial charge in [-0.25, -0.2) is 33.5 Å². The molecule has 3 fully saturated rings. The molecule has 0 spiro atoms. The van der Waals surface area contributed by atoms with Crippen molar-refractivity contribution in [1.29, 1.82) is 0 Å². The Labute approximate surface area is 308 Å². The van der Waals surface area contributed by atoms with Gasteiger partial charge in [-0.2, -0.15) is 13.2 Å². The van der Waals surface area contributed by atoms with Gasteiger partial charge in [0.25, 0.3) is 5.91 Å². The summed E-state index contributed by atoms with van der Waals surface area (Å²) in [7, 11) is 0.